The summed E-state index contributed by atoms with van der Waals surface area (Å²) in [7, 11) is 0. The molecule has 0 amide bonds. The Labute approximate surface area is 142 Å². The molecule has 0 N–H and O–H groups in total. The van der Waals surface area contributed by atoms with E-state index < -0.39 is 0 Å². The number of imidazole rings is 1. The molecule has 2 aromatic heterocycles. The lowest BCUT2D eigenvalue weighted by atomic mass is 10.1. The standard InChI is InChI=1S/C19H23N5/c1-2-16-3-5-17(6-4-16)15-22-11-13-24(14-12-22)19-18-20-7-9-23(18)10-8-21-19/h3-10H,2,11-15H2,1H3. The fraction of sp³-hybridized carbons (Fsp3) is 0.368. The van der Waals surface area contributed by atoms with Gasteiger partial charge in [0.15, 0.2) is 11.5 Å². The largest absolute Gasteiger partial charge is 0.351 e. The first-order valence-corrected chi connectivity index (χ1v) is 8.66. The van der Waals surface area contributed by atoms with Crippen LogP contribution in [-0.2, 0) is 13.0 Å². The van der Waals surface area contributed by atoms with Gasteiger partial charge >= 0.3 is 0 Å². The van der Waals surface area contributed by atoms with Gasteiger partial charge in [-0.1, -0.05) is 31.2 Å². The monoisotopic (exact) mass is 321 g/mol. The van der Waals surface area contributed by atoms with Crippen molar-refractivity contribution in [1.82, 2.24) is 19.3 Å². The summed E-state index contributed by atoms with van der Waals surface area (Å²) in [6.07, 6.45) is 8.70. The summed E-state index contributed by atoms with van der Waals surface area (Å²) in [5.74, 6) is 0.995. The van der Waals surface area contributed by atoms with Gasteiger partial charge in [0.1, 0.15) is 0 Å². The van der Waals surface area contributed by atoms with E-state index in [1.54, 1.807) is 0 Å². The summed E-state index contributed by atoms with van der Waals surface area (Å²) in [6, 6.07) is 9.01. The third kappa shape index (κ3) is 2.99. The van der Waals surface area contributed by atoms with E-state index in [4.69, 9.17) is 0 Å². The Morgan fingerprint density at radius 1 is 0.875 bits per heavy atom. The van der Waals surface area contributed by atoms with Crippen molar-refractivity contribution in [3.05, 3.63) is 60.2 Å². The molecule has 1 aromatic carbocycles. The van der Waals surface area contributed by atoms with Gasteiger partial charge in [-0.15, -0.1) is 0 Å². The highest BCUT2D eigenvalue weighted by Crippen LogP contribution is 2.19. The second kappa shape index (κ2) is 6.61. The molecule has 0 aliphatic carbocycles. The van der Waals surface area contributed by atoms with Crippen molar-refractivity contribution in [2.75, 3.05) is 31.1 Å². The summed E-state index contributed by atoms with van der Waals surface area (Å²) >= 11 is 0. The maximum absolute atomic E-state index is 4.55. The molecule has 0 saturated carbocycles. The quantitative estimate of drug-likeness (QED) is 0.740. The fourth-order valence-corrected chi connectivity index (χ4v) is 3.32. The summed E-state index contributed by atoms with van der Waals surface area (Å²) in [5.41, 5.74) is 3.75. The van der Waals surface area contributed by atoms with Crippen LogP contribution in [0.2, 0.25) is 0 Å². The molecule has 1 saturated heterocycles. The number of aryl methyl sites for hydroxylation is 1. The number of anilines is 1. The maximum Gasteiger partial charge on any atom is 0.180 e. The molecule has 3 aromatic rings. The second-order valence-electron chi connectivity index (χ2n) is 6.34. The van der Waals surface area contributed by atoms with Crippen LogP contribution in [0.25, 0.3) is 5.65 Å². The van der Waals surface area contributed by atoms with Crippen molar-refractivity contribution < 1.29 is 0 Å². The molecule has 0 bridgehead atoms. The van der Waals surface area contributed by atoms with Crippen LogP contribution < -0.4 is 4.90 Å². The molecule has 24 heavy (non-hydrogen) atoms. The minimum absolute atomic E-state index is 0.945. The van der Waals surface area contributed by atoms with E-state index in [1.165, 1.54) is 11.1 Å². The van der Waals surface area contributed by atoms with Gasteiger partial charge in [0, 0.05) is 57.5 Å². The average molecular weight is 321 g/mol. The molecular formula is C19H23N5. The van der Waals surface area contributed by atoms with Gasteiger partial charge in [-0.05, 0) is 17.5 Å². The highest BCUT2D eigenvalue weighted by molar-refractivity contribution is 5.64. The number of hydrogen-bond donors (Lipinski definition) is 0. The van der Waals surface area contributed by atoms with E-state index in [0.717, 1.165) is 50.6 Å². The van der Waals surface area contributed by atoms with Gasteiger partial charge in [-0.25, -0.2) is 9.97 Å². The number of fused-ring (bicyclic) bond motifs is 1. The average Bonchev–Trinajstić information content (AvgIpc) is 3.12. The van der Waals surface area contributed by atoms with Gasteiger partial charge in [-0.2, -0.15) is 0 Å². The SMILES string of the molecule is CCc1ccc(CN2CCN(c3nccn4ccnc34)CC2)cc1. The molecule has 0 radical (unpaired) electrons. The highest BCUT2D eigenvalue weighted by Gasteiger charge is 2.20. The topological polar surface area (TPSA) is 36.7 Å². The van der Waals surface area contributed by atoms with Crippen LogP contribution in [0.5, 0.6) is 0 Å². The molecule has 1 aliphatic heterocycles. The summed E-state index contributed by atoms with van der Waals surface area (Å²) in [6.45, 7) is 7.32. The van der Waals surface area contributed by atoms with Crippen molar-refractivity contribution in [1.29, 1.82) is 0 Å². The zero-order valence-electron chi connectivity index (χ0n) is 14.1. The molecule has 1 aliphatic rings. The van der Waals surface area contributed by atoms with E-state index >= 15 is 0 Å². The number of hydrogen-bond acceptors (Lipinski definition) is 4. The van der Waals surface area contributed by atoms with E-state index in [1.807, 2.05) is 29.2 Å². The lowest BCUT2D eigenvalue weighted by Gasteiger charge is -2.35. The minimum atomic E-state index is 0.945. The minimum Gasteiger partial charge on any atom is -0.351 e. The zero-order valence-corrected chi connectivity index (χ0v) is 14.1. The molecule has 0 unspecified atom stereocenters. The van der Waals surface area contributed by atoms with Crippen molar-refractivity contribution in [3.63, 3.8) is 0 Å². The highest BCUT2D eigenvalue weighted by atomic mass is 15.3. The van der Waals surface area contributed by atoms with Crippen LogP contribution in [0.4, 0.5) is 5.82 Å². The Balaban J connectivity index is 1.40. The van der Waals surface area contributed by atoms with Crippen LogP contribution >= 0.6 is 0 Å². The first kappa shape index (κ1) is 15.1. The second-order valence-corrected chi connectivity index (χ2v) is 6.34. The Morgan fingerprint density at radius 2 is 1.54 bits per heavy atom. The van der Waals surface area contributed by atoms with Gasteiger partial charge < -0.3 is 9.30 Å². The number of piperazine rings is 1. The van der Waals surface area contributed by atoms with E-state index in [-0.39, 0.29) is 0 Å². The molecule has 4 rings (SSSR count). The fourth-order valence-electron chi connectivity index (χ4n) is 3.32. The van der Waals surface area contributed by atoms with Crippen LogP contribution in [0.15, 0.2) is 49.1 Å². The molecule has 0 atom stereocenters. The summed E-state index contributed by atoms with van der Waals surface area (Å²) in [5, 5.41) is 0. The van der Waals surface area contributed by atoms with Gasteiger partial charge in [0.05, 0.1) is 0 Å². The number of nitrogens with zero attached hydrogens (tertiary/aromatic N) is 5. The van der Waals surface area contributed by atoms with Crippen molar-refractivity contribution in [3.8, 4) is 0 Å². The number of benzene rings is 1. The molecule has 1 fully saturated rings. The molecule has 5 nitrogen and oxygen atoms in total. The first-order valence-electron chi connectivity index (χ1n) is 8.66. The van der Waals surface area contributed by atoms with Crippen molar-refractivity contribution in [2.24, 2.45) is 0 Å². The molecule has 124 valence electrons. The van der Waals surface area contributed by atoms with E-state index in [0.29, 0.717) is 0 Å². The van der Waals surface area contributed by atoms with E-state index in [9.17, 15) is 0 Å². The molecule has 5 heteroatoms. The smallest absolute Gasteiger partial charge is 0.180 e. The molecule has 3 heterocycles. The Kier molecular flexibility index (Phi) is 4.17. The molecule has 0 spiro atoms. The number of aromatic nitrogens is 3. The summed E-state index contributed by atoms with van der Waals surface area (Å²) in [4.78, 5) is 13.9. The normalized spacial score (nSPS) is 16.0. The predicted molar refractivity (Wildman–Crippen MR) is 96.3 cm³/mol. The van der Waals surface area contributed by atoms with E-state index in [2.05, 4.69) is 51.0 Å². The lowest BCUT2D eigenvalue weighted by molar-refractivity contribution is 0.249. The summed E-state index contributed by atoms with van der Waals surface area (Å²) < 4.78 is 2.03. The van der Waals surface area contributed by atoms with Crippen LogP contribution in [-0.4, -0.2) is 45.4 Å². The Morgan fingerprint density at radius 3 is 2.25 bits per heavy atom. The van der Waals surface area contributed by atoms with Gasteiger partial charge in [0.2, 0.25) is 0 Å². The first-order chi connectivity index (χ1) is 11.8. The lowest BCUT2D eigenvalue weighted by Crippen LogP contribution is -2.46. The van der Waals surface area contributed by atoms with Crippen molar-refractivity contribution >= 4 is 11.5 Å². The van der Waals surface area contributed by atoms with Gasteiger partial charge in [-0.3, -0.25) is 4.90 Å². The van der Waals surface area contributed by atoms with Crippen LogP contribution in [0.1, 0.15) is 18.1 Å². The number of rotatable bonds is 4. The maximum atomic E-state index is 4.55. The Hall–Kier alpha value is -2.40. The zero-order chi connectivity index (χ0) is 16.4. The van der Waals surface area contributed by atoms with Crippen LogP contribution in [0.3, 0.4) is 0 Å². The molecular weight excluding hydrogens is 298 g/mol. The van der Waals surface area contributed by atoms with Gasteiger partial charge in [0.25, 0.3) is 0 Å². The van der Waals surface area contributed by atoms with Crippen LogP contribution in [0, 0.1) is 0 Å². The predicted octanol–water partition coefficient (Wildman–Crippen LogP) is 2.61. The third-order valence-electron chi connectivity index (χ3n) is 4.80. The third-order valence-corrected chi connectivity index (χ3v) is 4.80. The Bertz CT molecular complexity index is 800. The van der Waals surface area contributed by atoms with Crippen molar-refractivity contribution in [2.45, 2.75) is 19.9 Å².